The lowest BCUT2D eigenvalue weighted by atomic mass is 10.1. The Morgan fingerprint density at radius 1 is 1.26 bits per heavy atom. The van der Waals surface area contributed by atoms with Gasteiger partial charge in [0.1, 0.15) is 5.75 Å². The quantitative estimate of drug-likeness (QED) is 0.823. The Kier molecular flexibility index (Phi) is 3.71. The smallest absolute Gasteiger partial charge is 0.255 e. The molecular formula is C14H11ClFNO2. The number of aromatic hydroxyl groups is 1. The number of anilines is 1. The van der Waals surface area contributed by atoms with E-state index in [0.29, 0.717) is 5.56 Å². The molecule has 0 aliphatic heterocycles. The molecule has 0 atom stereocenters. The van der Waals surface area contributed by atoms with Crippen LogP contribution in [0.3, 0.4) is 0 Å². The number of rotatable bonds is 2. The molecule has 3 nitrogen and oxygen atoms in total. The fourth-order valence-electron chi connectivity index (χ4n) is 1.53. The van der Waals surface area contributed by atoms with E-state index in [9.17, 15) is 14.3 Å². The Balaban J connectivity index is 2.24. The Morgan fingerprint density at radius 3 is 2.53 bits per heavy atom. The zero-order valence-corrected chi connectivity index (χ0v) is 10.8. The molecule has 19 heavy (non-hydrogen) atoms. The summed E-state index contributed by atoms with van der Waals surface area (Å²) in [4.78, 5) is 11.9. The molecule has 0 aliphatic carbocycles. The Bertz CT molecular complexity index is 626. The first kappa shape index (κ1) is 13.4. The second-order valence-corrected chi connectivity index (χ2v) is 4.51. The van der Waals surface area contributed by atoms with Crippen LogP contribution in [0.25, 0.3) is 0 Å². The topological polar surface area (TPSA) is 49.3 Å². The minimum absolute atomic E-state index is 0.0272. The van der Waals surface area contributed by atoms with Crippen molar-refractivity contribution in [2.24, 2.45) is 0 Å². The summed E-state index contributed by atoms with van der Waals surface area (Å²) in [5, 5.41) is 11.6. The van der Waals surface area contributed by atoms with Crippen molar-refractivity contribution in [1.29, 1.82) is 0 Å². The number of nitrogens with one attached hydrogen (secondary N) is 1. The highest BCUT2D eigenvalue weighted by atomic mass is 35.5. The van der Waals surface area contributed by atoms with Gasteiger partial charge in [0, 0.05) is 11.6 Å². The van der Waals surface area contributed by atoms with E-state index in [0.717, 1.165) is 17.7 Å². The minimum Gasteiger partial charge on any atom is -0.506 e. The van der Waals surface area contributed by atoms with Gasteiger partial charge in [0.15, 0.2) is 5.82 Å². The van der Waals surface area contributed by atoms with Crippen molar-refractivity contribution in [2.75, 3.05) is 5.32 Å². The summed E-state index contributed by atoms with van der Waals surface area (Å²) in [7, 11) is 0. The van der Waals surface area contributed by atoms with Gasteiger partial charge in [-0.1, -0.05) is 29.3 Å². The summed E-state index contributed by atoms with van der Waals surface area (Å²) in [6, 6.07) is 8.88. The van der Waals surface area contributed by atoms with Gasteiger partial charge in [-0.05, 0) is 25.1 Å². The summed E-state index contributed by atoms with van der Waals surface area (Å²) >= 11 is 5.67. The Hall–Kier alpha value is -2.07. The summed E-state index contributed by atoms with van der Waals surface area (Å²) in [5.74, 6) is -1.56. The molecule has 2 N–H and O–H groups in total. The van der Waals surface area contributed by atoms with Crippen LogP contribution in [-0.2, 0) is 0 Å². The van der Waals surface area contributed by atoms with Gasteiger partial charge >= 0.3 is 0 Å². The third-order valence-electron chi connectivity index (χ3n) is 2.60. The number of phenols is 1. The van der Waals surface area contributed by atoms with E-state index >= 15 is 0 Å². The zero-order chi connectivity index (χ0) is 14.0. The van der Waals surface area contributed by atoms with Gasteiger partial charge in [0.05, 0.1) is 10.7 Å². The number of hydrogen-bond acceptors (Lipinski definition) is 2. The van der Waals surface area contributed by atoms with Crippen molar-refractivity contribution in [3.63, 3.8) is 0 Å². The molecule has 0 heterocycles. The second-order valence-electron chi connectivity index (χ2n) is 4.10. The van der Waals surface area contributed by atoms with Gasteiger partial charge in [-0.15, -0.1) is 0 Å². The fourth-order valence-corrected chi connectivity index (χ4v) is 1.70. The molecule has 0 radical (unpaired) electrons. The van der Waals surface area contributed by atoms with Gasteiger partial charge in [0.25, 0.3) is 5.91 Å². The summed E-state index contributed by atoms with van der Waals surface area (Å²) in [6.45, 7) is 1.90. The van der Waals surface area contributed by atoms with Crippen LogP contribution in [0.1, 0.15) is 15.9 Å². The third kappa shape index (κ3) is 3.03. The largest absolute Gasteiger partial charge is 0.506 e. The number of halogens is 2. The van der Waals surface area contributed by atoms with E-state index in [1.807, 2.05) is 6.92 Å². The normalized spacial score (nSPS) is 10.3. The number of aryl methyl sites for hydroxylation is 1. The van der Waals surface area contributed by atoms with Crippen molar-refractivity contribution in [3.8, 4) is 5.75 Å². The maximum absolute atomic E-state index is 13.5. The number of carbonyl (C=O) groups is 1. The van der Waals surface area contributed by atoms with E-state index < -0.39 is 11.7 Å². The van der Waals surface area contributed by atoms with Gasteiger partial charge in [-0.2, -0.15) is 0 Å². The SMILES string of the molecule is Cc1ccc(C(=O)Nc2cc(Cl)c(O)cc2F)cc1. The first-order chi connectivity index (χ1) is 8.97. The molecule has 0 bridgehead atoms. The van der Waals surface area contributed by atoms with E-state index in [1.54, 1.807) is 24.3 Å². The minimum atomic E-state index is -0.748. The average molecular weight is 280 g/mol. The number of carbonyl (C=O) groups excluding carboxylic acids is 1. The molecule has 2 aromatic rings. The first-order valence-corrected chi connectivity index (χ1v) is 5.91. The highest BCUT2D eigenvalue weighted by Gasteiger charge is 2.12. The average Bonchev–Trinajstić information content (AvgIpc) is 2.36. The maximum atomic E-state index is 13.5. The van der Waals surface area contributed by atoms with Crippen molar-refractivity contribution in [1.82, 2.24) is 0 Å². The molecular weight excluding hydrogens is 269 g/mol. The molecule has 0 aromatic heterocycles. The molecule has 0 saturated heterocycles. The third-order valence-corrected chi connectivity index (χ3v) is 2.90. The molecule has 2 rings (SSSR count). The van der Waals surface area contributed by atoms with Crippen LogP contribution >= 0.6 is 11.6 Å². The molecule has 0 aliphatic rings. The number of benzene rings is 2. The van der Waals surface area contributed by atoms with Crippen LogP contribution < -0.4 is 5.32 Å². The Labute approximate surface area is 114 Å². The number of phenolic OH excluding ortho intramolecular Hbond substituents is 1. The summed E-state index contributed by atoms with van der Waals surface area (Å²) < 4.78 is 13.5. The number of hydrogen-bond donors (Lipinski definition) is 2. The molecule has 98 valence electrons. The van der Waals surface area contributed by atoms with Crippen molar-refractivity contribution in [2.45, 2.75) is 6.92 Å². The zero-order valence-electron chi connectivity index (χ0n) is 10.1. The van der Waals surface area contributed by atoms with Gasteiger partial charge in [-0.25, -0.2) is 4.39 Å². The molecule has 1 amide bonds. The van der Waals surface area contributed by atoms with Crippen LogP contribution in [-0.4, -0.2) is 11.0 Å². The summed E-state index contributed by atoms with van der Waals surface area (Å²) in [6.07, 6.45) is 0. The van der Waals surface area contributed by atoms with Crippen LogP contribution in [0.2, 0.25) is 5.02 Å². The lowest BCUT2D eigenvalue weighted by Gasteiger charge is -2.08. The molecule has 0 saturated carbocycles. The summed E-state index contributed by atoms with van der Waals surface area (Å²) in [5.41, 5.74) is 1.36. The Morgan fingerprint density at radius 2 is 1.89 bits per heavy atom. The van der Waals surface area contributed by atoms with E-state index in [-0.39, 0.29) is 16.5 Å². The highest BCUT2D eigenvalue weighted by molar-refractivity contribution is 6.32. The van der Waals surface area contributed by atoms with Crippen molar-refractivity contribution >= 4 is 23.2 Å². The standard InChI is InChI=1S/C14H11ClFNO2/c1-8-2-4-9(5-3-8)14(19)17-12-6-10(15)13(18)7-11(12)16/h2-7,18H,1H3,(H,17,19). The van der Waals surface area contributed by atoms with E-state index in [1.165, 1.54) is 0 Å². The van der Waals surface area contributed by atoms with E-state index in [4.69, 9.17) is 11.6 Å². The predicted octanol–water partition coefficient (Wildman–Crippen LogP) is 3.75. The first-order valence-electron chi connectivity index (χ1n) is 5.53. The lowest BCUT2D eigenvalue weighted by Crippen LogP contribution is -2.12. The van der Waals surface area contributed by atoms with Gasteiger partial charge < -0.3 is 10.4 Å². The molecule has 0 fully saturated rings. The van der Waals surface area contributed by atoms with Gasteiger partial charge in [-0.3, -0.25) is 4.79 Å². The van der Waals surface area contributed by atoms with Crippen molar-refractivity contribution < 1.29 is 14.3 Å². The van der Waals surface area contributed by atoms with Crippen LogP contribution in [0.15, 0.2) is 36.4 Å². The van der Waals surface area contributed by atoms with Crippen LogP contribution in [0.5, 0.6) is 5.75 Å². The monoisotopic (exact) mass is 279 g/mol. The van der Waals surface area contributed by atoms with Crippen LogP contribution in [0.4, 0.5) is 10.1 Å². The maximum Gasteiger partial charge on any atom is 0.255 e. The predicted molar refractivity (Wildman–Crippen MR) is 72.2 cm³/mol. The lowest BCUT2D eigenvalue weighted by molar-refractivity contribution is 0.102. The molecule has 2 aromatic carbocycles. The van der Waals surface area contributed by atoms with E-state index in [2.05, 4.69) is 5.32 Å². The highest BCUT2D eigenvalue weighted by Crippen LogP contribution is 2.29. The van der Waals surface area contributed by atoms with Crippen LogP contribution in [0, 0.1) is 12.7 Å². The molecule has 5 heteroatoms. The van der Waals surface area contributed by atoms with Gasteiger partial charge in [0.2, 0.25) is 0 Å². The molecule has 0 unspecified atom stereocenters. The fraction of sp³-hybridized carbons (Fsp3) is 0.0714. The van der Waals surface area contributed by atoms with Crippen molar-refractivity contribution in [3.05, 3.63) is 58.4 Å². The number of amides is 1. The second kappa shape index (κ2) is 5.28. The molecule has 0 spiro atoms.